The predicted octanol–water partition coefficient (Wildman–Crippen LogP) is 4.15. The number of carbonyl (C=O) groups excluding carboxylic acids is 2. The van der Waals surface area contributed by atoms with Crippen LogP contribution in [0, 0.1) is 19.3 Å². The lowest BCUT2D eigenvalue weighted by Gasteiger charge is -2.26. The highest BCUT2D eigenvalue weighted by molar-refractivity contribution is 5.99. The maximum Gasteiger partial charge on any atom is 0.343 e. The van der Waals surface area contributed by atoms with Gasteiger partial charge in [-0.15, -0.1) is 0 Å². The van der Waals surface area contributed by atoms with Gasteiger partial charge < -0.3 is 14.6 Å². The molecule has 0 amide bonds. The molecular weight excluding hydrogens is 362 g/mol. The normalized spacial score (nSPS) is 15.2. The van der Waals surface area contributed by atoms with Gasteiger partial charge in [0.15, 0.2) is 0 Å². The predicted molar refractivity (Wildman–Crippen MR) is 102 cm³/mol. The number of hydrogen-bond donors (Lipinski definition) is 1. The van der Waals surface area contributed by atoms with Crippen molar-refractivity contribution in [2.24, 2.45) is 5.41 Å². The molecule has 0 saturated heterocycles. The van der Waals surface area contributed by atoms with Crippen LogP contribution >= 0.6 is 0 Å². The van der Waals surface area contributed by atoms with Crippen LogP contribution in [0.5, 0.6) is 0 Å². The summed E-state index contributed by atoms with van der Waals surface area (Å²) in [4.78, 5) is 40.8. The molecule has 0 aromatic carbocycles. The number of hydrogen-bond acceptors (Lipinski definition) is 6. The van der Waals surface area contributed by atoms with Gasteiger partial charge in [0.25, 0.3) is 0 Å². The fourth-order valence-corrected chi connectivity index (χ4v) is 3.63. The zero-order valence-electron chi connectivity index (χ0n) is 17.3. The third-order valence-corrected chi connectivity index (χ3v) is 5.02. The van der Waals surface area contributed by atoms with Gasteiger partial charge in [0.1, 0.15) is 0 Å². The first-order valence-corrected chi connectivity index (χ1v) is 9.62. The third kappa shape index (κ3) is 4.88. The van der Waals surface area contributed by atoms with E-state index in [1.165, 1.54) is 0 Å². The van der Waals surface area contributed by atoms with E-state index in [-0.39, 0.29) is 17.0 Å². The molecule has 1 aromatic heterocycles. The Morgan fingerprint density at radius 3 is 2.11 bits per heavy atom. The van der Waals surface area contributed by atoms with Gasteiger partial charge in [-0.3, -0.25) is 9.78 Å². The summed E-state index contributed by atoms with van der Waals surface area (Å²) in [7, 11) is 0. The quantitative estimate of drug-likeness (QED) is 0.594. The number of rotatable bonds is 5. The fraction of sp³-hybridized carbons (Fsp3) is 0.619. The van der Waals surface area contributed by atoms with Crippen LogP contribution in [0.15, 0.2) is 0 Å². The molecule has 1 N–H and O–H groups in total. The zero-order valence-corrected chi connectivity index (χ0v) is 17.3. The number of pyridine rings is 1. The molecule has 0 spiro atoms. The Balaban J connectivity index is 2.36. The number of ether oxygens (including phenoxy) is 2. The average Bonchev–Trinajstić information content (AvgIpc) is 2.60. The topological polar surface area (TPSA) is 103 Å². The van der Waals surface area contributed by atoms with Gasteiger partial charge in [-0.05, 0) is 58.9 Å². The van der Waals surface area contributed by atoms with E-state index >= 15 is 0 Å². The molecule has 1 aliphatic rings. The lowest BCUT2D eigenvalue weighted by atomic mass is 9.79. The molecule has 1 saturated carbocycles. The number of aryl methyl sites for hydroxylation is 2. The Labute approximate surface area is 165 Å². The Morgan fingerprint density at radius 2 is 1.57 bits per heavy atom. The number of carboxylic acids is 1. The Hall–Kier alpha value is -2.44. The van der Waals surface area contributed by atoms with E-state index in [4.69, 9.17) is 9.47 Å². The van der Waals surface area contributed by atoms with E-state index in [1.54, 1.807) is 34.6 Å². The van der Waals surface area contributed by atoms with Crippen LogP contribution in [0.25, 0.3) is 0 Å². The summed E-state index contributed by atoms with van der Waals surface area (Å²) in [6.07, 6.45) is 4.72. The Morgan fingerprint density at radius 1 is 1.00 bits per heavy atom. The van der Waals surface area contributed by atoms with Crippen molar-refractivity contribution >= 4 is 17.9 Å². The van der Waals surface area contributed by atoms with Crippen LogP contribution in [0.2, 0.25) is 0 Å². The van der Waals surface area contributed by atoms with Crippen LogP contribution in [0.1, 0.15) is 96.5 Å². The summed E-state index contributed by atoms with van der Waals surface area (Å²) in [5, 5.41) is 9.75. The highest BCUT2D eigenvalue weighted by Gasteiger charge is 2.32. The lowest BCUT2D eigenvalue weighted by Crippen LogP contribution is -2.26. The van der Waals surface area contributed by atoms with E-state index in [0.717, 1.165) is 32.1 Å². The molecule has 0 unspecified atom stereocenters. The van der Waals surface area contributed by atoms with E-state index in [2.05, 4.69) is 4.98 Å². The third-order valence-electron chi connectivity index (χ3n) is 5.02. The SMILES string of the molecule is Cc1nc(C)c(C(=O)OCOC(=O)C(C)(C)C)c(C2CCCCC2)c1C(=O)O. The van der Waals surface area contributed by atoms with E-state index in [9.17, 15) is 19.5 Å². The van der Waals surface area contributed by atoms with Gasteiger partial charge in [0.2, 0.25) is 6.79 Å². The van der Waals surface area contributed by atoms with Gasteiger partial charge in [0.05, 0.1) is 27.9 Å². The molecule has 1 aliphatic carbocycles. The molecule has 0 atom stereocenters. The number of aromatic nitrogens is 1. The molecule has 0 bridgehead atoms. The van der Waals surface area contributed by atoms with E-state index in [1.807, 2.05) is 0 Å². The van der Waals surface area contributed by atoms with Crippen molar-refractivity contribution in [2.75, 3.05) is 6.79 Å². The number of carboxylic acid groups (broad SMARTS) is 1. The van der Waals surface area contributed by atoms with Crippen LogP contribution in [-0.4, -0.2) is 34.8 Å². The Kier molecular flexibility index (Phi) is 6.80. The minimum absolute atomic E-state index is 0.0278. The second-order valence-electron chi connectivity index (χ2n) is 8.32. The lowest BCUT2D eigenvalue weighted by molar-refractivity contribution is -0.161. The smallest absolute Gasteiger partial charge is 0.343 e. The van der Waals surface area contributed by atoms with Crippen molar-refractivity contribution in [3.05, 3.63) is 28.1 Å². The summed E-state index contributed by atoms with van der Waals surface area (Å²) < 4.78 is 10.2. The highest BCUT2D eigenvalue weighted by atomic mass is 16.7. The number of carbonyl (C=O) groups is 3. The van der Waals surface area contributed by atoms with E-state index in [0.29, 0.717) is 17.0 Å². The first kappa shape index (κ1) is 21.9. The van der Waals surface area contributed by atoms with Crippen molar-refractivity contribution in [2.45, 2.75) is 72.6 Å². The average molecular weight is 391 g/mol. The number of esters is 2. The maximum atomic E-state index is 12.8. The first-order chi connectivity index (χ1) is 13.0. The van der Waals surface area contributed by atoms with Crippen LogP contribution < -0.4 is 0 Å². The van der Waals surface area contributed by atoms with Crippen LogP contribution in [-0.2, 0) is 14.3 Å². The summed E-state index contributed by atoms with van der Waals surface area (Å²) in [6.45, 7) is 7.89. The summed E-state index contributed by atoms with van der Waals surface area (Å²) in [5.41, 5.74) is 0.871. The second kappa shape index (κ2) is 8.71. The molecule has 2 rings (SSSR count). The molecule has 154 valence electrons. The molecule has 0 radical (unpaired) electrons. The van der Waals surface area contributed by atoms with E-state index < -0.39 is 30.1 Å². The van der Waals surface area contributed by atoms with Crippen molar-refractivity contribution < 1.29 is 29.0 Å². The van der Waals surface area contributed by atoms with Crippen molar-refractivity contribution in [1.82, 2.24) is 4.98 Å². The first-order valence-electron chi connectivity index (χ1n) is 9.62. The summed E-state index contributed by atoms with van der Waals surface area (Å²) in [5.74, 6) is -2.33. The summed E-state index contributed by atoms with van der Waals surface area (Å²) in [6, 6.07) is 0. The van der Waals surface area contributed by atoms with Gasteiger partial charge in [-0.2, -0.15) is 0 Å². The minimum Gasteiger partial charge on any atom is -0.478 e. The molecule has 1 heterocycles. The fourth-order valence-electron chi connectivity index (χ4n) is 3.63. The molecular formula is C21H29NO6. The molecule has 7 nitrogen and oxygen atoms in total. The second-order valence-corrected chi connectivity index (χ2v) is 8.32. The van der Waals surface area contributed by atoms with Crippen molar-refractivity contribution in [1.29, 1.82) is 0 Å². The molecule has 0 aliphatic heterocycles. The van der Waals surface area contributed by atoms with Gasteiger partial charge in [-0.25, -0.2) is 9.59 Å². The minimum atomic E-state index is -1.10. The van der Waals surface area contributed by atoms with Crippen LogP contribution in [0.4, 0.5) is 0 Å². The van der Waals surface area contributed by atoms with Gasteiger partial charge >= 0.3 is 17.9 Å². The monoisotopic (exact) mass is 391 g/mol. The van der Waals surface area contributed by atoms with Crippen LogP contribution in [0.3, 0.4) is 0 Å². The summed E-state index contributed by atoms with van der Waals surface area (Å²) >= 11 is 0. The number of nitrogens with zero attached hydrogens (tertiary/aromatic N) is 1. The van der Waals surface area contributed by atoms with Crippen molar-refractivity contribution in [3.63, 3.8) is 0 Å². The highest BCUT2D eigenvalue weighted by Crippen LogP contribution is 2.38. The van der Waals surface area contributed by atoms with Gasteiger partial charge in [-0.1, -0.05) is 19.3 Å². The molecule has 7 heteroatoms. The maximum absolute atomic E-state index is 12.8. The van der Waals surface area contributed by atoms with Crippen molar-refractivity contribution in [3.8, 4) is 0 Å². The molecule has 1 aromatic rings. The Bertz CT molecular complexity index is 772. The zero-order chi connectivity index (χ0) is 21.1. The molecule has 1 fully saturated rings. The molecule has 28 heavy (non-hydrogen) atoms. The number of aromatic carboxylic acids is 1. The largest absolute Gasteiger partial charge is 0.478 e. The van der Waals surface area contributed by atoms with Gasteiger partial charge in [0, 0.05) is 0 Å². The standard InChI is InChI=1S/C21H29NO6/c1-12-15(18(23)24)17(14-9-7-6-8-10-14)16(13(2)22-12)19(25)27-11-28-20(26)21(3,4)5/h14H,6-11H2,1-5H3,(H,23,24).